The lowest BCUT2D eigenvalue weighted by Gasteiger charge is -2.27. The second-order valence-corrected chi connectivity index (χ2v) is 7.97. The Bertz CT molecular complexity index is 1330. The van der Waals surface area contributed by atoms with E-state index in [2.05, 4.69) is 10.6 Å². The van der Waals surface area contributed by atoms with Crippen molar-refractivity contribution in [1.82, 2.24) is 5.32 Å². The number of benzene rings is 3. The molecule has 4 rings (SSSR count). The van der Waals surface area contributed by atoms with Crippen LogP contribution in [0.5, 0.6) is 0 Å². The van der Waals surface area contributed by atoms with Gasteiger partial charge in [0.1, 0.15) is 5.70 Å². The quantitative estimate of drug-likeness (QED) is 0.469. The molecule has 7 nitrogen and oxygen atoms in total. The van der Waals surface area contributed by atoms with Crippen LogP contribution in [0.2, 0.25) is 0 Å². The molecular formula is C26H21F3N4O3. The molecule has 1 heterocycles. The molecule has 0 spiro atoms. The first kappa shape index (κ1) is 24.5. The van der Waals surface area contributed by atoms with Crippen LogP contribution in [0.15, 0.2) is 84.6 Å². The maximum atomic E-state index is 13.0. The first-order valence-corrected chi connectivity index (χ1v) is 10.9. The van der Waals surface area contributed by atoms with Gasteiger partial charge in [-0.25, -0.2) is 4.79 Å². The van der Waals surface area contributed by atoms with Crippen molar-refractivity contribution in [3.63, 3.8) is 0 Å². The van der Waals surface area contributed by atoms with Crippen molar-refractivity contribution < 1.29 is 27.6 Å². The molecule has 0 aliphatic carbocycles. The van der Waals surface area contributed by atoms with Crippen molar-refractivity contribution >= 4 is 29.2 Å². The number of carbonyl (C=O) groups is 3. The Balaban J connectivity index is 1.43. The van der Waals surface area contributed by atoms with Crippen molar-refractivity contribution in [2.24, 2.45) is 5.73 Å². The van der Waals surface area contributed by atoms with Crippen LogP contribution in [0.4, 0.5) is 29.3 Å². The number of nitrogens with two attached hydrogens (primary N) is 1. The number of anilines is 2. The van der Waals surface area contributed by atoms with E-state index >= 15 is 0 Å². The Morgan fingerprint density at radius 3 is 2.19 bits per heavy atom. The van der Waals surface area contributed by atoms with E-state index in [1.807, 2.05) is 0 Å². The highest BCUT2D eigenvalue weighted by molar-refractivity contribution is 6.09. The average Bonchev–Trinajstić information content (AvgIpc) is 2.85. The zero-order valence-electron chi connectivity index (χ0n) is 18.8. The minimum atomic E-state index is -4.48. The van der Waals surface area contributed by atoms with Gasteiger partial charge in [-0.05, 0) is 60.0 Å². The lowest BCUT2D eigenvalue weighted by atomic mass is 9.99. The van der Waals surface area contributed by atoms with Gasteiger partial charge in [0.2, 0.25) is 5.91 Å². The number of rotatable bonds is 5. The van der Waals surface area contributed by atoms with Crippen LogP contribution in [0.1, 0.15) is 22.3 Å². The predicted octanol–water partition coefficient (Wildman–Crippen LogP) is 4.91. The molecule has 0 aromatic heterocycles. The Hall–Kier alpha value is -4.60. The van der Waals surface area contributed by atoms with Crippen molar-refractivity contribution in [2.75, 3.05) is 16.8 Å². The Labute approximate surface area is 204 Å². The number of primary amides is 1. The molecule has 0 saturated carbocycles. The fourth-order valence-corrected chi connectivity index (χ4v) is 3.82. The smallest absolute Gasteiger partial charge is 0.366 e. The van der Waals surface area contributed by atoms with E-state index in [-0.39, 0.29) is 11.4 Å². The van der Waals surface area contributed by atoms with Crippen molar-refractivity contribution in [3.8, 4) is 11.1 Å². The van der Waals surface area contributed by atoms with Gasteiger partial charge in [0.05, 0.1) is 5.56 Å². The van der Waals surface area contributed by atoms with E-state index in [1.165, 1.54) is 4.90 Å². The molecule has 3 aromatic rings. The summed E-state index contributed by atoms with van der Waals surface area (Å²) in [5.74, 6) is -0.981. The van der Waals surface area contributed by atoms with E-state index in [9.17, 15) is 27.6 Å². The van der Waals surface area contributed by atoms with Gasteiger partial charge in [-0.3, -0.25) is 9.59 Å². The Morgan fingerprint density at radius 2 is 1.56 bits per heavy atom. The molecule has 0 fully saturated rings. The van der Waals surface area contributed by atoms with Crippen LogP contribution in [-0.2, 0) is 11.0 Å². The highest BCUT2D eigenvalue weighted by Crippen LogP contribution is 2.30. The summed E-state index contributed by atoms with van der Waals surface area (Å²) in [7, 11) is 0. The van der Waals surface area contributed by atoms with Crippen LogP contribution in [0.25, 0.3) is 11.1 Å². The van der Waals surface area contributed by atoms with E-state index in [0.717, 1.165) is 29.8 Å². The standard InChI is InChI=1S/C26H21F3N4O3/c27-26(28,29)17-9-11-18(12-10-17)31-25(36)32-22-6-3-15-33(24(22)35)19-13-7-16(8-14-19)20-4-1-2-5-21(20)23(30)34/h1-2,4-14H,3,15H2,(H2,30,34)(H2,31,32,36). The first-order chi connectivity index (χ1) is 17.1. The monoisotopic (exact) mass is 494 g/mol. The second kappa shape index (κ2) is 9.95. The maximum absolute atomic E-state index is 13.0. The zero-order valence-corrected chi connectivity index (χ0v) is 18.8. The van der Waals surface area contributed by atoms with Gasteiger partial charge < -0.3 is 21.3 Å². The summed E-state index contributed by atoms with van der Waals surface area (Å²) < 4.78 is 38.1. The molecule has 4 amide bonds. The van der Waals surface area contributed by atoms with Crippen LogP contribution in [0, 0.1) is 0 Å². The van der Waals surface area contributed by atoms with Crippen molar-refractivity contribution in [1.29, 1.82) is 0 Å². The Morgan fingerprint density at radius 1 is 0.889 bits per heavy atom. The SMILES string of the molecule is NC(=O)c1ccccc1-c1ccc(N2CCC=C(NC(=O)Nc3ccc(C(F)(F)F)cc3)C2=O)cc1. The van der Waals surface area contributed by atoms with Gasteiger partial charge in [-0.15, -0.1) is 0 Å². The number of hydrogen-bond acceptors (Lipinski definition) is 3. The zero-order chi connectivity index (χ0) is 25.9. The van der Waals surface area contributed by atoms with Crippen LogP contribution >= 0.6 is 0 Å². The summed E-state index contributed by atoms with van der Waals surface area (Å²) >= 11 is 0. The number of hydrogen-bond donors (Lipinski definition) is 3. The predicted molar refractivity (Wildman–Crippen MR) is 129 cm³/mol. The number of alkyl halides is 3. The number of urea groups is 1. The molecule has 0 atom stereocenters. The van der Waals surface area contributed by atoms with E-state index in [0.29, 0.717) is 29.8 Å². The van der Waals surface area contributed by atoms with E-state index < -0.39 is 29.6 Å². The third-order valence-electron chi connectivity index (χ3n) is 5.58. The first-order valence-electron chi connectivity index (χ1n) is 10.9. The number of halogens is 3. The number of nitrogens with zero attached hydrogens (tertiary/aromatic N) is 1. The van der Waals surface area contributed by atoms with Gasteiger partial charge in [-0.1, -0.05) is 36.4 Å². The van der Waals surface area contributed by atoms with Crippen LogP contribution in [0.3, 0.4) is 0 Å². The summed E-state index contributed by atoms with van der Waals surface area (Å²) in [5, 5.41) is 4.88. The molecule has 36 heavy (non-hydrogen) atoms. The molecule has 0 radical (unpaired) electrons. The molecule has 3 aromatic carbocycles. The normalized spacial score (nSPS) is 13.7. The summed E-state index contributed by atoms with van der Waals surface area (Å²) in [4.78, 5) is 38.6. The van der Waals surface area contributed by atoms with E-state index in [4.69, 9.17) is 5.73 Å². The molecule has 0 saturated heterocycles. The highest BCUT2D eigenvalue weighted by Gasteiger charge is 2.30. The lowest BCUT2D eigenvalue weighted by molar-refractivity contribution is -0.137. The summed E-state index contributed by atoms with van der Waals surface area (Å²) in [6.45, 7) is 0.391. The molecule has 0 unspecified atom stereocenters. The minimum absolute atomic E-state index is 0.0498. The summed E-state index contributed by atoms with van der Waals surface area (Å²) in [6, 6.07) is 17.2. The second-order valence-electron chi connectivity index (χ2n) is 7.97. The topological polar surface area (TPSA) is 105 Å². The molecule has 10 heteroatoms. The van der Waals surface area contributed by atoms with Crippen LogP contribution < -0.4 is 21.3 Å². The molecule has 184 valence electrons. The molecule has 0 bridgehead atoms. The maximum Gasteiger partial charge on any atom is 0.416 e. The van der Waals surface area contributed by atoms with Gasteiger partial charge in [-0.2, -0.15) is 13.2 Å². The van der Waals surface area contributed by atoms with Gasteiger partial charge >= 0.3 is 12.2 Å². The summed E-state index contributed by atoms with van der Waals surface area (Å²) in [5.41, 5.74) is 7.22. The van der Waals surface area contributed by atoms with Gasteiger partial charge in [0.15, 0.2) is 0 Å². The third-order valence-corrected chi connectivity index (χ3v) is 5.58. The van der Waals surface area contributed by atoms with Crippen molar-refractivity contribution in [2.45, 2.75) is 12.6 Å². The highest BCUT2D eigenvalue weighted by atomic mass is 19.4. The molecule has 1 aliphatic heterocycles. The van der Waals surface area contributed by atoms with E-state index in [1.54, 1.807) is 54.6 Å². The number of carbonyl (C=O) groups excluding carboxylic acids is 3. The number of amides is 4. The molecule has 1 aliphatic rings. The summed E-state index contributed by atoms with van der Waals surface area (Å²) in [6.07, 6.45) is -2.41. The number of nitrogens with one attached hydrogen (secondary N) is 2. The van der Waals surface area contributed by atoms with Crippen LogP contribution in [-0.4, -0.2) is 24.4 Å². The fourth-order valence-electron chi connectivity index (χ4n) is 3.82. The lowest BCUT2D eigenvalue weighted by Crippen LogP contribution is -2.42. The minimum Gasteiger partial charge on any atom is -0.366 e. The fraction of sp³-hybridized carbons (Fsp3) is 0.115. The molecular weight excluding hydrogens is 473 g/mol. The Kier molecular flexibility index (Phi) is 6.77. The third kappa shape index (κ3) is 5.38. The van der Waals surface area contributed by atoms with Gasteiger partial charge in [0.25, 0.3) is 5.91 Å². The molecule has 4 N–H and O–H groups in total. The average molecular weight is 494 g/mol. The van der Waals surface area contributed by atoms with Crippen molar-refractivity contribution in [3.05, 3.63) is 95.7 Å². The largest absolute Gasteiger partial charge is 0.416 e. The van der Waals surface area contributed by atoms with Gasteiger partial charge in [0, 0.05) is 23.5 Å².